The van der Waals surface area contributed by atoms with Crippen molar-refractivity contribution in [1.29, 1.82) is 0 Å². The minimum atomic E-state index is -0.592. The lowest BCUT2D eigenvalue weighted by atomic mass is 9.96. The quantitative estimate of drug-likeness (QED) is 0.136. The first-order chi connectivity index (χ1) is 15.2. The van der Waals surface area contributed by atoms with Gasteiger partial charge in [0.05, 0.1) is 5.92 Å². The number of rotatable bonds is 26. The highest BCUT2D eigenvalue weighted by molar-refractivity contribution is 5.69. The van der Waals surface area contributed by atoms with Crippen LogP contribution in [-0.4, -0.2) is 11.1 Å². The summed E-state index contributed by atoms with van der Waals surface area (Å²) in [7, 11) is 0. The third-order valence-corrected chi connectivity index (χ3v) is 6.89. The Balaban J connectivity index is 3.13. The number of carbonyl (C=O) groups is 1. The number of unbranched alkanes of at least 4 members (excludes halogenated alkanes) is 21. The van der Waals surface area contributed by atoms with Crippen molar-refractivity contribution >= 4 is 5.97 Å². The minimum absolute atomic E-state index is 0.102. The second kappa shape index (κ2) is 25.7. The maximum atomic E-state index is 11.1. The van der Waals surface area contributed by atoms with Gasteiger partial charge in [0.1, 0.15) is 0 Å². The van der Waals surface area contributed by atoms with Gasteiger partial charge in [-0.05, 0) is 12.8 Å². The molecule has 0 saturated carbocycles. The van der Waals surface area contributed by atoms with Crippen LogP contribution in [0.2, 0.25) is 0 Å². The van der Waals surface area contributed by atoms with Crippen molar-refractivity contribution in [2.75, 3.05) is 0 Å². The molecular weight excluding hydrogens is 380 g/mol. The molecule has 0 aliphatic rings. The summed E-state index contributed by atoms with van der Waals surface area (Å²) in [5.41, 5.74) is 0. The zero-order chi connectivity index (χ0) is 22.8. The van der Waals surface area contributed by atoms with Gasteiger partial charge >= 0.3 is 5.97 Å². The summed E-state index contributed by atoms with van der Waals surface area (Å²) < 4.78 is 0. The zero-order valence-electron chi connectivity index (χ0n) is 21.6. The van der Waals surface area contributed by atoms with Crippen molar-refractivity contribution in [3.05, 3.63) is 0 Å². The lowest BCUT2D eigenvalue weighted by Crippen LogP contribution is -2.13. The maximum absolute atomic E-state index is 11.1. The van der Waals surface area contributed by atoms with E-state index in [2.05, 4.69) is 13.8 Å². The summed E-state index contributed by atoms with van der Waals surface area (Å²) >= 11 is 0. The van der Waals surface area contributed by atoms with Crippen LogP contribution in [-0.2, 0) is 4.79 Å². The molecule has 0 amide bonds. The van der Waals surface area contributed by atoms with Crippen LogP contribution in [0.25, 0.3) is 0 Å². The van der Waals surface area contributed by atoms with Gasteiger partial charge in [-0.1, -0.05) is 162 Å². The van der Waals surface area contributed by atoms with Gasteiger partial charge in [0, 0.05) is 0 Å². The standard InChI is InChI=1S/C29H58O2/c1-3-5-6-7-8-9-10-11-12-13-14-15-16-17-18-19-20-21-22-23-24-25-27-28(26-4-2)29(30)31/h28H,3-27H2,1-2H3,(H,30,31). The van der Waals surface area contributed by atoms with E-state index in [1.54, 1.807) is 0 Å². The summed E-state index contributed by atoms with van der Waals surface area (Å²) in [5, 5.41) is 9.18. The first kappa shape index (κ1) is 30.5. The predicted molar refractivity (Wildman–Crippen MR) is 138 cm³/mol. The maximum Gasteiger partial charge on any atom is 0.306 e. The van der Waals surface area contributed by atoms with E-state index in [9.17, 15) is 9.90 Å². The van der Waals surface area contributed by atoms with E-state index >= 15 is 0 Å². The molecule has 0 spiro atoms. The highest BCUT2D eigenvalue weighted by Crippen LogP contribution is 2.18. The van der Waals surface area contributed by atoms with Gasteiger partial charge in [-0.15, -0.1) is 0 Å². The first-order valence-electron chi connectivity index (χ1n) is 14.4. The minimum Gasteiger partial charge on any atom is -0.481 e. The van der Waals surface area contributed by atoms with Crippen LogP contribution in [0.3, 0.4) is 0 Å². The topological polar surface area (TPSA) is 37.3 Å². The monoisotopic (exact) mass is 438 g/mol. The molecule has 0 fully saturated rings. The molecule has 0 aromatic carbocycles. The van der Waals surface area contributed by atoms with Crippen molar-refractivity contribution in [1.82, 2.24) is 0 Å². The Labute approximate surface area is 196 Å². The van der Waals surface area contributed by atoms with Gasteiger partial charge in [-0.2, -0.15) is 0 Å². The fourth-order valence-corrected chi connectivity index (χ4v) is 4.74. The van der Waals surface area contributed by atoms with Crippen molar-refractivity contribution in [2.24, 2.45) is 5.92 Å². The molecule has 2 nitrogen and oxygen atoms in total. The van der Waals surface area contributed by atoms with Crippen LogP contribution < -0.4 is 0 Å². The number of carboxylic acids is 1. The number of aliphatic carboxylic acids is 1. The average molecular weight is 439 g/mol. The van der Waals surface area contributed by atoms with E-state index in [4.69, 9.17) is 0 Å². The highest BCUT2D eigenvalue weighted by atomic mass is 16.4. The number of hydrogen-bond donors (Lipinski definition) is 1. The van der Waals surface area contributed by atoms with Crippen molar-refractivity contribution < 1.29 is 9.90 Å². The predicted octanol–water partition coefficient (Wildman–Crippen LogP) is 10.5. The summed E-state index contributed by atoms with van der Waals surface area (Å²) in [6.07, 6.45) is 33.5. The van der Waals surface area contributed by atoms with Crippen LogP contribution in [0.4, 0.5) is 0 Å². The fraction of sp³-hybridized carbons (Fsp3) is 0.966. The number of carboxylic acid groups (broad SMARTS) is 1. The molecule has 186 valence electrons. The lowest BCUT2D eigenvalue weighted by molar-refractivity contribution is -0.142. The Hall–Kier alpha value is -0.530. The third kappa shape index (κ3) is 24.0. The van der Waals surface area contributed by atoms with E-state index in [0.29, 0.717) is 0 Å². The van der Waals surface area contributed by atoms with Gasteiger partial charge in [-0.3, -0.25) is 4.79 Å². The third-order valence-electron chi connectivity index (χ3n) is 6.89. The van der Waals surface area contributed by atoms with Crippen molar-refractivity contribution in [3.63, 3.8) is 0 Å². The van der Waals surface area contributed by atoms with Gasteiger partial charge in [0.25, 0.3) is 0 Å². The van der Waals surface area contributed by atoms with Gasteiger partial charge in [0.15, 0.2) is 0 Å². The molecule has 0 bridgehead atoms. The van der Waals surface area contributed by atoms with Gasteiger partial charge in [-0.25, -0.2) is 0 Å². The average Bonchev–Trinajstić information content (AvgIpc) is 2.76. The molecule has 2 heteroatoms. The molecular formula is C29H58O2. The molecule has 0 aromatic heterocycles. The second-order valence-electron chi connectivity index (χ2n) is 10.0. The Morgan fingerprint density at radius 1 is 0.452 bits per heavy atom. The van der Waals surface area contributed by atoms with Crippen LogP contribution in [0.1, 0.15) is 174 Å². The molecule has 1 atom stereocenters. The summed E-state index contributed by atoms with van der Waals surface area (Å²) in [6.45, 7) is 4.37. The van der Waals surface area contributed by atoms with Crippen molar-refractivity contribution in [2.45, 2.75) is 174 Å². The van der Waals surface area contributed by atoms with Crippen molar-refractivity contribution in [3.8, 4) is 0 Å². The second-order valence-corrected chi connectivity index (χ2v) is 10.0. The number of hydrogen-bond acceptors (Lipinski definition) is 1. The van der Waals surface area contributed by atoms with Gasteiger partial charge < -0.3 is 5.11 Å². The van der Waals surface area contributed by atoms with Crippen LogP contribution in [0.15, 0.2) is 0 Å². The molecule has 0 aliphatic carbocycles. The molecule has 0 saturated heterocycles. The van der Waals surface area contributed by atoms with E-state index in [1.807, 2.05) is 0 Å². The Morgan fingerprint density at radius 3 is 1.00 bits per heavy atom. The summed E-state index contributed by atoms with van der Waals surface area (Å²) in [6, 6.07) is 0. The largest absolute Gasteiger partial charge is 0.481 e. The first-order valence-corrected chi connectivity index (χ1v) is 14.4. The van der Waals surface area contributed by atoms with E-state index in [0.717, 1.165) is 25.7 Å². The van der Waals surface area contributed by atoms with Crippen LogP contribution in [0.5, 0.6) is 0 Å². The lowest BCUT2D eigenvalue weighted by Gasteiger charge is -2.10. The van der Waals surface area contributed by atoms with Crippen LogP contribution in [0, 0.1) is 5.92 Å². The molecule has 0 aromatic rings. The Bertz CT molecular complexity index is 353. The molecule has 0 radical (unpaired) electrons. The molecule has 31 heavy (non-hydrogen) atoms. The zero-order valence-corrected chi connectivity index (χ0v) is 21.6. The SMILES string of the molecule is CCCCCCCCCCCCCCCCCCCCCCCCC(CCC)C(=O)O. The fourth-order valence-electron chi connectivity index (χ4n) is 4.74. The molecule has 0 rings (SSSR count). The van der Waals surface area contributed by atoms with Gasteiger partial charge in [0.2, 0.25) is 0 Å². The van der Waals surface area contributed by atoms with E-state index in [1.165, 1.54) is 135 Å². The van der Waals surface area contributed by atoms with Crippen LogP contribution >= 0.6 is 0 Å². The Kier molecular flexibility index (Phi) is 25.3. The molecule has 1 N–H and O–H groups in total. The molecule has 1 unspecified atom stereocenters. The summed E-state index contributed by atoms with van der Waals surface area (Å²) in [5.74, 6) is -0.694. The van der Waals surface area contributed by atoms with E-state index < -0.39 is 5.97 Å². The van der Waals surface area contributed by atoms with E-state index in [-0.39, 0.29) is 5.92 Å². The molecule has 0 aliphatic heterocycles. The highest BCUT2D eigenvalue weighted by Gasteiger charge is 2.15. The molecule has 0 heterocycles. The smallest absolute Gasteiger partial charge is 0.306 e. The normalized spacial score (nSPS) is 12.3. The Morgan fingerprint density at radius 2 is 0.742 bits per heavy atom. The summed E-state index contributed by atoms with van der Waals surface area (Å²) in [4.78, 5) is 11.1.